The summed E-state index contributed by atoms with van der Waals surface area (Å²) in [4.78, 5) is 13.9. The predicted molar refractivity (Wildman–Crippen MR) is 88.6 cm³/mol. The fourth-order valence-electron chi connectivity index (χ4n) is 1.95. The molecule has 0 heterocycles. The highest BCUT2D eigenvalue weighted by molar-refractivity contribution is 5.87. The lowest BCUT2D eigenvalue weighted by atomic mass is 10.0. The summed E-state index contributed by atoms with van der Waals surface area (Å²) in [7, 11) is 0. The molecule has 0 saturated heterocycles. The molecule has 0 spiro atoms. The van der Waals surface area contributed by atoms with E-state index < -0.39 is 5.97 Å². The third-order valence-corrected chi connectivity index (χ3v) is 3.61. The van der Waals surface area contributed by atoms with Crippen LogP contribution in [0.25, 0.3) is 0 Å². The van der Waals surface area contributed by atoms with Gasteiger partial charge in [0.1, 0.15) is 5.70 Å². The molecule has 0 rings (SSSR count). The van der Waals surface area contributed by atoms with E-state index in [2.05, 4.69) is 32.6 Å². The molecule has 21 heavy (non-hydrogen) atoms. The molecule has 0 aromatic heterocycles. The van der Waals surface area contributed by atoms with Gasteiger partial charge in [-0.3, -0.25) is 0 Å². The molecule has 2 N–H and O–H groups in total. The third kappa shape index (κ3) is 9.16. The van der Waals surface area contributed by atoms with Crippen molar-refractivity contribution in [3.63, 3.8) is 0 Å². The molecule has 0 aliphatic heterocycles. The Morgan fingerprint density at radius 1 is 1.24 bits per heavy atom. The van der Waals surface area contributed by atoms with Crippen molar-refractivity contribution < 1.29 is 9.53 Å². The highest BCUT2D eigenvalue weighted by Crippen LogP contribution is 2.13. The summed E-state index contributed by atoms with van der Waals surface area (Å²) in [6.45, 7) is 10.8. The Morgan fingerprint density at radius 3 is 2.43 bits per heavy atom. The van der Waals surface area contributed by atoms with E-state index in [4.69, 9.17) is 10.5 Å². The van der Waals surface area contributed by atoms with Gasteiger partial charge in [-0.2, -0.15) is 0 Å². The highest BCUT2D eigenvalue weighted by Gasteiger charge is 2.11. The first kappa shape index (κ1) is 19.6. The topological polar surface area (TPSA) is 55.6 Å². The molecule has 0 aromatic carbocycles. The lowest BCUT2D eigenvalue weighted by Gasteiger charge is -2.15. The third-order valence-electron chi connectivity index (χ3n) is 3.61. The van der Waals surface area contributed by atoms with Crippen molar-refractivity contribution in [3.05, 3.63) is 24.0 Å². The number of ether oxygens (including phenoxy) is 1. The van der Waals surface area contributed by atoms with Gasteiger partial charge in [0.05, 0.1) is 6.61 Å². The van der Waals surface area contributed by atoms with Crippen molar-refractivity contribution in [2.24, 2.45) is 11.7 Å². The number of hydrogen-bond donors (Lipinski definition) is 1. The highest BCUT2D eigenvalue weighted by atomic mass is 16.5. The summed E-state index contributed by atoms with van der Waals surface area (Å²) in [5, 5.41) is 0. The van der Waals surface area contributed by atoms with E-state index in [9.17, 15) is 4.79 Å². The normalized spacial score (nSPS) is 13.4. The van der Waals surface area contributed by atoms with Gasteiger partial charge in [0.15, 0.2) is 0 Å². The lowest BCUT2D eigenvalue weighted by Crippen LogP contribution is -2.19. The number of nitrogens with zero attached hydrogens (tertiary/aromatic N) is 1. The smallest absolute Gasteiger partial charge is 0.354 e. The van der Waals surface area contributed by atoms with Gasteiger partial charge in [0, 0.05) is 13.1 Å². The van der Waals surface area contributed by atoms with Crippen LogP contribution in [0.5, 0.6) is 0 Å². The molecule has 122 valence electrons. The van der Waals surface area contributed by atoms with Crippen LogP contribution >= 0.6 is 0 Å². The zero-order valence-electron chi connectivity index (χ0n) is 14.1. The number of carbonyl (C=O) groups excluding carboxylic acids is 1. The van der Waals surface area contributed by atoms with Crippen LogP contribution in [0.1, 0.15) is 53.4 Å². The van der Waals surface area contributed by atoms with E-state index in [0.29, 0.717) is 12.5 Å². The maximum absolute atomic E-state index is 11.8. The number of rotatable bonds is 11. The van der Waals surface area contributed by atoms with Crippen molar-refractivity contribution in [2.45, 2.75) is 53.4 Å². The second-order valence-electron chi connectivity index (χ2n) is 5.20. The van der Waals surface area contributed by atoms with Crippen LogP contribution in [-0.4, -0.2) is 30.6 Å². The molecule has 0 bridgehead atoms. The van der Waals surface area contributed by atoms with E-state index in [1.54, 1.807) is 12.2 Å². The van der Waals surface area contributed by atoms with Gasteiger partial charge in [-0.05, 0) is 44.5 Å². The Hall–Kier alpha value is -1.45. The van der Waals surface area contributed by atoms with Gasteiger partial charge in [-0.1, -0.05) is 33.1 Å². The van der Waals surface area contributed by atoms with E-state index in [0.717, 1.165) is 25.9 Å². The predicted octanol–water partition coefficient (Wildman–Crippen LogP) is 3.44. The maximum Gasteiger partial charge on any atom is 0.354 e. The quantitative estimate of drug-likeness (QED) is 0.360. The minimum absolute atomic E-state index is 0.156. The van der Waals surface area contributed by atoms with Crippen LogP contribution in [0, 0.1) is 5.92 Å². The molecule has 1 unspecified atom stereocenters. The van der Waals surface area contributed by atoms with Crippen molar-refractivity contribution in [2.75, 3.05) is 19.7 Å². The fourth-order valence-corrected chi connectivity index (χ4v) is 1.95. The number of allylic oxidation sites excluding steroid dienone is 2. The SMILES string of the molecule is CCCCC(CC)COC(=O)/C(N)=C\C=C\N(CC)CC. The van der Waals surface area contributed by atoms with Crippen LogP contribution in [0.3, 0.4) is 0 Å². The summed E-state index contributed by atoms with van der Waals surface area (Å²) < 4.78 is 5.28. The Bertz CT molecular complexity index is 334. The van der Waals surface area contributed by atoms with E-state index in [1.165, 1.54) is 12.8 Å². The molecule has 0 aliphatic carbocycles. The minimum Gasteiger partial charge on any atom is -0.461 e. The van der Waals surface area contributed by atoms with Crippen LogP contribution in [0.2, 0.25) is 0 Å². The second kappa shape index (κ2) is 12.3. The van der Waals surface area contributed by atoms with Crippen LogP contribution in [0.4, 0.5) is 0 Å². The summed E-state index contributed by atoms with van der Waals surface area (Å²) in [5.74, 6) is 0.0158. The summed E-state index contributed by atoms with van der Waals surface area (Å²) in [5.41, 5.74) is 5.89. The van der Waals surface area contributed by atoms with Crippen molar-refractivity contribution in [3.8, 4) is 0 Å². The van der Waals surface area contributed by atoms with Crippen LogP contribution < -0.4 is 5.73 Å². The average molecular weight is 296 g/mol. The van der Waals surface area contributed by atoms with Crippen molar-refractivity contribution in [1.82, 2.24) is 4.90 Å². The molecular weight excluding hydrogens is 264 g/mol. The number of nitrogens with two attached hydrogens (primary N) is 1. The van der Waals surface area contributed by atoms with E-state index >= 15 is 0 Å². The van der Waals surface area contributed by atoms with Crippen molar-refractivity contribution in [1.29, 1.82) is 0 Å². The second-order valence-corrected chi connectivity index (χ2v) is 5.20. The Balaban J connectivity index is 4.25. The standard InChI is InChI=1S/C17H32N2O2/c1-5-9-11-15(6-2)14-21-17(20)16(18)12-10-13-19(7-3)8-4/h10,12-13,15H,5-9,11,14,18H2,1-4H3/b13-10+,16-12+. The lowest BCUT2D eigenvalue weighted by molar-refractivity contribution is -0.140. The molecule has 0 amide bonds. The molecule has 1 atom stereocenters. The molecule has 4 nitrogen and oxygen atoms in total. The first-order chi connectivity index (χ1) is 10.1. The number of unbranched alkanes of at least 4 members (excludes halogenated alkanes) is 1. The van der Waals surface area contributed by atoms with Crippen LogP contribution in [0.15, 0.2) is 24.0 Å². The van der Waals surface area contributed by atoms with Gasteiger partial charge < -0.3 is 15.4 Å². The Kier molecular flexibility index (Phi) is 11.5. The van der Waals surface area contributed by atoms with Gasteiger partial charge >= 0.3 is 5.97 Å². The average Bonchev–Trinajstić information content (AvgIpc) is 2.51. The molecule has 0 fully saturated rings. The fraction of sp³-hybridized carbons (Fsp3) is 0.706. The summed E-state index contributed by atoms with van der Waals surface area (Å²) in [6, 6.07) is 0. The molecule has 0 radical (unpaired) electrons. The molecular formula is C17H32N2O2. The first-order valence-corrected chi connectivity index (χ1v) is 8.13. The zero-order chi connectivity index (χ0) is 16.1. The number of hydrogen-bond acceptors (Lipinski definition) is 4. The monoisotopic (exact) mass is 296 g/mol. The zero-order valence-corrected chi connectivity index (χ0v) is 14.1. The molecule has 4 heteroatoms. The number of carbonyl (C=O) groups is 1. The molecule has 0 saturated carbocycles. The molecule has 0 aromatic rings. The number of esters is 1. The first-order valence-electron chi connectivity index (χ1n) is 8.13. The summed E-state index contributed by atoms with van der Waals surface area (Å²) in [6.07, 6.45) is 9.79. The van der Waals surface area contributed by atoms with Gasteiger partial charge in [-0.25, -0.2) is 4.79 Å². The van der Waals surface area contributed by atoms with Gasteiger partial charge in [0.2, 0.25) is 0 Å². The maximum atomic E-state index is 11.8. The van der Waals surface area contributed by atoms with Crippen molar-refractivity contribution >= 4 is 5.97 Å². The Morgan fingerprint density at radius 2 is 1.90 bits per heavy atom. The van der Waals surface area contributed by atoms with Crippen LogP contribution in [-0.2, 0) is 9.53 Å². The van der Waals surface area contributed by atoms with Gasteiger partial charge in [-0.15, -0.1) is 0 Å². The van der Waals surface area contributed by atoms with E-state index in [-0.39, 0.29) is 5.70 Å². The Labute approximate surface area is 130 Å². The van der Waals surface area contributed by atoms with E-state index in [1.807, 2.05) is 6.20 Å². The summed E-state index contributed by atoms with van der Waals surface area (Å²) >= 11 is 0. The largest absolute Gasteiger partial charge is 0.461 e. The van der Waals surface area contributed by atoms with Gasteiger partial charge in [0.25, 0.3) is 0 Å². The minimum atomic E-state index is -0.422. The molecule has 0 aliphatic rings.